The summed E-state index contributed by atoms with van der Waals surface area (Å²) in [5, 5.41) is 10.4. The van der Waals surface area contributed by atoms with Crippen LogP contribution in [0.15, 0.2) is 0 Å². The van der Waals surface area contributed by atoms with Crippen LogP contribution in [0.3, 0.4) is 0 Å². The monoisotopic (exact) mass is 211 g/mol. The fourth-order valence-corrected chi connectivity index (χ4v) is 3.00. The van der Waals surface area contributed by atoms with Gasteiger partial charge in [0, 0.05) is 19.5 Å². The van der Waals surface area contributed by atoms with E-state index in [9.17, 15) is 9.90 Å². The van der Waals surface area contributed by atoms with Crippen molar-refractivity contribution >= 4 is 5.91 Å². The molecule has 1 saturated heterocycles. The average Bonchev–Trinajstić information content (AvgIpc) is 2.50. The SMILES string of the molecule is CC1CCCC(O)(CN2CCCC2=O)C1. The van der Waals surface area contributed by atoms with Crippen molar-refractivity contribution in [2.75, 3.05) is 13.1 Å². The number of rotatable bonds is 2. The first-order chi connectivity index (χ1) is 7.09. The van der Waals surface area contributed by atoms with Gasteiger partial charge in [0.15, 0.2) is 0 Å². The van der Waals surface area contributed by atoms with Gasteiger partial charge in [0.25, 0.3) is 0 Å². The van der Waals surface area contributed by atoms with Gasteiger partial charge in [0.2, 0.25) is 5.91 Å². The third kappa shape index (κ3) is 2.51. The van der Waals surface area contributed by atoms with E-state index in [2.05, 4.69) is 6.92 Å². The highest BCUT2D eigenvalue weighted by Crippen LogP contribution is 2.33. The van der Waals surface area contributed by atoms with Gasteiger partial charge >= 0.3 is 0 Å². The molecule has 1 aliphatic carbocycles. The molecule has 15 heavy (non-hydrogen) atoms. The minimum absolute atomic E-state index is 0.224. The summed E-state index contributed by atoms with van der Waals surface area (Å²) >= 11 is 0. The Morgan fingerprint density at radius 1 is 1.53 bits per heavy atom. The molecule has 2 unspecified atom stereocenters. The largest absolute Gasteiger partial charge is 0.388 e. The second kappa shape index (κ2) is 4.12. The number of hydrogen-bond acceptors (Lipinski definition) is 2. The minimum atomic E-state index is -0.600. The van der Waals surface area contributed by atoms with Gasteiger partial charge in [-0.05, 0) is 25.2 Å². The van der Waals surface area contributed by atoms with Gasteiger partial charge in [-0.3, -0.25) is 4.79 Å². The van der Waals surface area contributed by atoms with E-state index in [-0.39, 0.29) is 5.91 Å². The lowest BCUT2D eigenvalue weighted by Crippen LogP contribution is -2.46. The maximum Gasteiger partial charge on any atom is 0.222 e. The second-order valence-corrected chi connectivity index (χ2v) is 5.34. The molecule has 2 atom stereocenters. The van der Waals surface area contributed by atoms with Crippen LogP contribution in [0.2, 0.25) is 0 Å². The molecular formula is C12H21NO2. The third-order valence-electron chi connectivity index (χ3n) is 3.72. The number of β-amino-alcohol motifs (C(OH)–C–C–N with tert-alkyl or cyclic N) is 1. The number of hydrogen-bond donors (Lipinski definition) is 1. The van der Waals surface area contributed by atoms with E-state index in [0.717, 1.165) is 32.2 Å². The van der Waals surface area contributed by atoms with Crippen molar-refractivity contribution in [3.8, 4) is 0 Å². The predicted molar refractivity (Wildman–Crippen MR) is 58.4 cm³/mol. The minimum Gasteiger partial charge on any atom is -0.388 e. The van der Waals surface area contributed by atoms with Crippen molar-refractivity contribution in [2.24, 2.45) is 5.92 Å². The molecule has 2 rings (SSSR count). The Kier molecular flexibility index (Phi) is 3.01. The van der Waals surface area contributed by atoms with Crippen molar-refractivity contribution < 1.29 is 9.90 Å². The van der Waals surface area contributed by atoms with Crippen molar-refractivity contribution in [2.45, 2.75) is 51.0 Å². The number of likely N-dealkylation sites (tertiary alicyclic amines) is 1. The van der Waals surface area contributed by atoms with Crippen LogP contribution in [0.4, 0.5) is 0 Å². The lowest BCUT2D eigenvalue weighted by Gasteiger charge is -2.38. The van der Waals surface area contributed by atoms with Gasteiger partial charge in [0.1, 0.15) is 0 Å². The first-order valence-corrected chi connectivity index (χ1v) is 6.09. The Morgan fingerprint density at radius 3 is 2.93 bits per heavy atom. The summed E-state index contributed by atoms with van der Waals surface area (Å²) < 4.78 is 0. The number of aliphatic hydroxyl groups is 1. The summed E-state index contributed by atoms with van der Waals surface area (Å²) in [6.07, 6.45) is 5.67. The van der Waals surface area contributed by atoms with Crippen LogP contribution in [-0.2, 0) is 4.79 Å². The van der Waals surface area contributed by atoms with Gasteiger partial charge in [0.05, 0.1) is 5.60 Å². The van der Waals surface area contributed by atoms with Gasteiger partial charge in [-0.2, -0.15) is 0 Å². The zero-order valence-corrected chi connectivity index (χ0v) is 9.54. The fourth-order valence-electron chi connectivity index (χ4n) is 3.00. The van der Waals surface area contributed by atoms with Crippen molar-refractivity contribution in [3.63, 3.8) is 0 Å². The molecule has 1 heterocycles. The first-order valence-electron chi connectivity index (χ1n) is 6.09. The fraction of sp³-hybridized carbons (Fsp3) is 0.917. The molecule has 2 fully saturated rings. The summed E-state index contributed by atoms with van der Waals surface area (Å²) in [6.45, 7) is 3.60. The molecule has 1 amide bonds. The Bertz CT molecular complexity index is 254. The lowest BCUT2D eigenvalue weighted by atomic mass is 9.78. The van der Waals surface area contributed by atoms with Gasteiger partial charge in [-0.1, -0.05) is 19.8 Å². The van der Waals surface area contributed by atoms with Crippen LogP contribution in [0.1, 0.15) is 45.4 Å². The topological polar surface area (TPSA) is 40.5 Å². The van der Waals surface area contributed by atoms with E-state index in [1.54, 1.807) is 0 Å². The van der Waals surface area contributed by atoms with Crippen LogP contribution in [0.5, 0.6) is 0 Å². The van der Waals surface area contributed by atoms with Crippen molar-refractivity contribution in [1.29, 1.82) is 0 Å². The molecule has 0 spiro atoms. The average molecular weight is 211 g/mol. The maximum absolute atomic E-state index is 11.5. The summed E-state index contributed by atoms with van der Waals surface area (Å²) in [6, 6.07) is 0. The zero-order valence-electron chi connectivity index (χ0n) is 9.54. The number of nitrogens with zero attached hydrogens (tertiary/aromatic N) is 1. The molecule has 0 radical (unpaired) electrons. The molecule has 1 N–H and O–H groups in total. The third-order valence-corrected chi connectivity index (χ3v) is 3.72. The second-order valence-electron chi connectivity index (χ2n) is 5.34. The molecule has 2 aliphatic rings. The number of carbonyl (C=O) groups excluding carboxylic acids is 1. The summed E-state index contributed by atoms with van der Waals surface area (Å²) in [5.74, 6) is 0.822. The smallest absolute Gasteiger partial charge is 0.222 e. The Hall–Kier alpha value is -0.570. The van der Waals surface area contributed by atoms with Gasteiger partial charge in [-0.15, -0.1) is 0 Å². The quantitative estimate of drug-likeness (QED) is 0.753. The number of amides is 1. The standard InChI is InChI=1S/C12H21NO2/c1-10-4-2-6-12(15,8-10)9-13-7-3-5-11(13)14/h10,15H,2-9H2,1H3. The van der Waals surface area contributed by atoms with Crippen LogP contribution >= 0.6 is 0 Å². The maximum atomic E-state index is 11.5. The van der Waals surface area contributed by atoms with E-state index >= 15 is 0 Å². The van der Waals surface area contributed by atoms with Gasteiger partial charge < -0.3 is 10.0 Å². The Labute approximate surface area is 91.5 Å². The van der Waals surface area contributed by atoms with E-state index in [0.29, 0.717) is 18.9 Å². The van der Waals surface area contributed by atoms with E-state index < -0.39 is 5.60 Å². The Morgan fingerprint density at radius 2 is 2.33 bits per heavy atom. The highest BCUT2D eigenvalue weighted by molar-refractivity contribution is 5.78. The van der Waals surface area contributed by atoms with Crippen molar-refractivity contribution in [3.05, 3.63) is 0 Å². The van der Waals surface area contributed by atoms with Gasteiger partial charge in [-0.25, -0.2) is 0 Å². The molecule has 0 bridgehead atoms. The predicted octanol–water partition coefficient (Wildman–Crippen LogP) is 1.55. The van der Waals surface area contributed by atoms with E-state index in [4.69, 9.17) is 0 Å². The molecule has 1 saturated carbocycles. The molecule has 0 aromatic rings. The lowest BCUT2D eigenvalue weighted by molar-refractivity contribution is -0.132. The molecule has 1 aliphatic heterocycles. The molecule has 0 aromatic carbocycles. The van der Waals surface area contributed by atoms with E-state index in [1.165, 1.54) is 6.42 Å². The summed E-state index contributed by atoms with van der Waals surface area (Å²) in [5.41, 5.74) is -0.600. The highest BCUT2D eigenvalue weighted by atomic mass is 16.3. The first kappa shape index (κ1) is 10.9. The van der Waals surface area contributed by atoms with Crippen LogP contribution in [0, 0.1) is 5.92 Å². The highest BCUT2D eigenvalue weighted by Gasteiger charge is 2.36. The molecule has 3 nitrogen and oxygen atoms in total. The summed E-state index contributed by atoms with van der Waals surface area (Å²) in [4.78, 5) is 13.3. The zero-order chi connectivity index (χ0) is 10.9. The number of carbonyl (C=O) groups is 1. The normalized spacial score (nSPS) is 37.3. The van der Waals surface area contributed by atoms with Crippen LogP contribution in [0.25, 0.3) is 0 Å². The van der Waals surface area contributed by atoms with Crippen molar-refractivity contribution in [1.82, 2.24) is 4.90 Å². The van der Waals surface area contributed by atoms with Crippen LogP contribution < -0.4 is 0 Å². The Balaban J connectivity index is 1.94. The molecular weight excluding hydrogens is 190 g/mol. The molecule has 0 aromatic heterocycles. The van der Waals surface area contributed by atoms with E-state index in [1.807, 2.05) is 4.90 Å². The summed E-state index contributed by atoms with van der Waals surface area (Å²) in [7, 11) is 0. The molecule has 3 heteroatoms. The molecule has 86 valence electrons. The van der Waals surface area contributed by atoms with Crippen LogP contribution in [-0.4, -0.2) is 34.6 Å².